The number of alkyl halides is 6. The number of hydrogen-bond donors (Lipinski definition) is 1. The summed E-state index contributed by atoms with van der Waals surface area (Å²) >= 11 is 0. The van der Waals surface area contributed by atoms with Gasteiger partial charge in [-0.3, -0.25) is 4.79 Å². The number of methoxy groups -OCH3 is 2. The van der Waals surface area contributed by atoms with Crippen molar-refractivity contribution in [3.63, 3.8) is 0 Å². The van der Waals surface area contributed by atoms with E-state index in [1.165, 1.54) is 7.11 Å². The van der Waals surface area contributed by atoms with E-state index in [1.54, 1.807) is 0 Å². The maximum absolute atomic E-state index is 13.9. The van der Waals surface area contributed by atoms with Gasteiger partial charge in [0.2, 0.25) is 0 Å². The number of benzene rings is 2. The monoisotopic (exact) mass is 537 g/mol. The topological polar surface area (TPSA) is 104 Å². The molecule has 2 atom stereocenters. The second-order valence-electron chi connectivity index (χ2n) is 7.34. The van der Waals surface area contributed by atoms with Crippen LogP contribution in [0.25, 0.3) is 0 Å². The third kappa shape index (κ3) is 8.02. The van der Waals surface area contributed by atoms with Crippen LogP contribution in [0.4, 0.5) is 26.3 Å². The number of hydrogen-bond acceptors (Lipinski definition) is 8. The van der Waals surface area contributed by atoms with Crippen LogP contribution in [0.1, 0.15) is 23.0 Å². The van der Waals surface area contributed by atoms with Gasteiger partial charge in [0.1, 0.15) is 23.3 Å². The first kappa shape index (κ1) is 29.3. The predicted molar refractivity (Wildman–Crippen MR) is 115 cm³/mol. The standard InChI is InChI=1S/C23H21F6NO7/c1-34-17(30-33)11-36-15-7-3-13(4-8-15)19(22(24,25)26)21(32)20(23(27,28)29)14-5-9-16(10-6-14)37-12-18(31)35-2/h3-10,19-20,33H,11-12H2,1-2H3. The van der Waals surface area contributed by atoms with E-state index in [4.69, 9.17) is 14.7 Å². The van der Waals surface area contributed by atoms with E-state index in [0.29, 0.717) is 0 Å². The molecule has 37 heavy (non-hydrogen) atoms. The first-order chi connectivity index (χ1) is 17.3. The molecule has 0 spiro atoms. The van der Waals surface area contributed by atoms with Gasteiger partial charge in [-0.05, 0) is 35.4 Å². The molecule has 0 saturated heterocycles. The van der Waals surface area contributed by atoms with Crippen LogP contribution in [0.5, 0.6) is 11.5 Å². The predicted octanol–water partition coefficient (Wildman–Crippen LogP) is 4.61. The highest BCUT2D eigenvalue weighted by Crippen LogP contribution is 2.45. The summed E-state index contributed by atoms with van der Waals surface area (Å²) in [6, 6.07) is 7.22. The van der Waals surface area contributed by atoms with Crippen molar-refractivity contribution in [2.24, 2.45) is 5.16 Å². The minimum atomic E-state index is -5.35. The summed E-state index contributed by atoms with van der Waals surface area (Å²) in [5, 5.41) is 11.4. The summed E-state index contributed by atoms with van der Waals surface area (Å²) in [5.41, 5.74) is -1.48. The zero-order valence-electron chi connectivity index (χ0n) is 19.3. The lowest BCUT2D eigenvalue weighted by Gasteiger charge is -2.26. The van der Waals surface area contributed by atoms with Gasteiger partial charge in [0, 0.05) is 0 Å². The second kappa shape index (κ2) is 12.3. The van der Waals surface area contributed by atoms with Crippen LogP contribution in [0.15, 0.2) is 53.7 Å². The van der Waals surface area contributed by atoms with Crippen molar-refractivity contribution in [1.82, 2.24) is 0 Å². The van der Waals surface area contributed by atoms with Gasteiger partial charge in [-0.1, -0.05) is 29.4 Å². The number of rotatable bonds is 10. The third-order valence-electron chi connectivity index (χ3n) is 4.94. The van der Waals surface area contributed by atoms with Crippen molar-refractivity contribution >= 4 is 17.7 Å². The van der Waals surface area contributed by atoms with Crippen LogP contribution >= 0.6 is 0 Å². The number of carbonyl (C=O) groups excluding carboxylic acids is 2. The van der Waals surface area contributed by atoms with Crippen LogP contribution in [0.2, 0.25) is 0 Å². The van der Waals surface area contributed by atoms with Crippen molar-refractivity contribution in [3.05, 3.63) is 59.7 Å². The molecule has 0 aromatic heterocycles. The minimum Gasteiger partial charge on any atom is -0.484 e. The molecule has 8 nitrogen and oxygen atoms in total. The Kier molecular flexibility index (Phi) is 9.74. The van der Waals surface area contributed by atoms with Gasteiger partial charge in [0.05, 0.1) is 14.2 Å². The number of esters is 1. The highest BCUT2D eigenvalue weighted by molar-refractivity contribution is 5.93. The van der Waals surface area contributed by atoms with Gasteiger partial charge in [-0.15, -0.1) is 0 Å². The number of Topliss-reactive ketones (excluding diaryl/α,β-unsaturated/α-hetero) is 1. The molecule has 0 aliphatic rings. The van der Waals surface area contributed by atoms with Gasteiger partial charge >= 0.3 is 18.3 Å². The van der Waals surface area contributed by atoms with Crippen LogP contribution in [0.3, 0.4) is 0 Å². The molecule has 2 aromatic rings. The summed E-state index contributed by atoms with van der Waals surface area (Å²) in [6.07, 6.45) is -10.7. The van der Waals surface area contributed by atoms with Crippen molar-refractivity contribution < 1.29 is 60.1 Å². The Balaban J connectivity index is 2.35. The fraction of sp³-hybridized carbons (Fsp3) is 0.348. The van der Waals surface area contributed by atoms with E-state index in [1.807, 2.05) is 0 Å². The number of oxime groups is 1. The molecule has 14 heteroatoms. The zero-order valence-corrected chi connectivity index (χ0v) is 19.3. The summed E-state index contributed by atoms with van der Waals surface area (Å²) in [7, 11) is 2.27. The van der Waals surface area contributed by atoms with Crippen LogP contribution in [-0.4, -0.2) is 62.6 Å². The molecule has 0 radical (unpaired) electrons. The highest BCUT2D eigenvalue weighted by Gasteiger charge is 2.55. The molecule has 2 aromatic carbocycles. The Bertz CT molecular complexity index is 1080. The molecule has 0 fully saturated rings. The molecule has 1 N–H and O–H groups in total. The first-order valence-electron chi connectivity index (χ1n) is 10.3. The molecule has 202 valence electrons. The molecule has 2 unspecified atom stereocenters. The van der Waals surface area contributed by atoms with Crippen molar-refractivity contribution in [3.8, 4) is 11.5 Å². The number of ether oxygens (including phenoxy) is 4. The van der Waals surface area contributed by atoms with Crippen LogP contribution < -0.4 is 9.47 Å². The van der Waals surface area contributed by atoms with Crippen LogP contribution in [-0.2, 0) is 19.1 Å². The zero-order chi connectivity index (χ0) is 27.8. The van der Waals surface area contributed by atoms with Gasteiger partial charge in [-0.25, -0.2) is 4.79 Å². The molecule has 2 rings (SSSR count). The van der Waals surface area contributed by atoms with E-state index in [9.17, 15) is 35.9 Å². The lowest BCUT2D eigenvalue weighted by Crippen LogP contribution is -2.38. The van der Waals surface area contributed by atoms with Gasteiger partial charge in [0.15, 0.2) is 19.0 Å². The fourth-order valence-corrected chi connectivity index (χ4v) is 3.18. The number of halogens is 6. The van der Waals surface area contributed by atoms with E-state index in [2.05, 4.69) is 14.6 Å². The smallest absolute Gasteiger partial charge is 0.402 e. The molecule has 0 aliphatic carbocycles. The van der Waals surface area contributed by atoms with E-state index < -0.39 is 53.7 Å². The SMILES string of the molecule is COC(=O)COc1ccc(C(C(=O)C(c2ccc(OCC(=NO)OC)cc2)C(F)(F)F)C(F)(F)F)cc1. The molecule has 0 heterocycles. The molecular formula is C23H21F6NO7. The van der Waals surface area contributed by atoms with Crippen molar-refractivity contribution in [1.29, 1.82) is 0 Å². The van der Waals surface area contributed by atoms with Gasteiger partial charge in [0.25, 0.3) is 5.90 Å². The van der Waals surface area contributed by atoms with Crippen molar-refractivity contribution in [2.75, 3.05) is 27.4 Å². The average molecular weight is 537 g/mol. The normalized spacial score (nSPS) is 13.9. The largest absolute Gasteiger partial charge is 0.484 e. The fourth-order valence-electron chi connectivity index (χ4n) is 3.18. The maximum atomic E-state index is 13.9. The Hall–Kier alpha value is -3.97. The Morgan fingerprint density at radius 2 is 1.16 bits per heavy atom. The maximum Gasteiger partial charge on any atom is 0.402 e. The molecule has 0 bridgehead atoms. The van der Waals surface area contributed by atoms with E-state index >= 15 is 0 Å². The molecule has 0 saturated carbocycles. The summed E-state index contributed by atoms with van der Waals surface area (Å²) in [5.74, 6) is -9.43. The van der Waals surface area contributed by atoms with E-state index in [-0.39, 0.29) is 24.0 Å². The lowest BCUT2D eigenvalue weighted by atomic mass is 9.82. The Labute approximate surface area is 206 Å². The van der Waals surface area contributed by atoms with Crippen molar-refractivity contribution in [2.45, 2.75) is 24.2 Å². The Morgan fingerprint density at radius 3 is 1.49 bits per heavy atom. The number of nitrogens with zero attached hydrogens (tertiary/aromatic N) is 1. The summed E-state index contributed by atoms with van der Waals surface area (Å²) in [6.45, 7) is -0.934. The third-order valence-corrected chi connectivity index (χ3v) is 4.94. The van der Waals surface area contributed by atoms with E-state index in [0.717, 1.165) is 55.6 Å². The number of ketones is 1. The molecular weight excluding hydrogens is 516 g/mol. The Morgan fingerprint density at radius 1 is 0.757 bits per heavy atom. The minimum absolute atomic E-state index is 0.0229. The summed E-state index contributed by atoms with van der Waals surface area (Å²) in [4.78, 5) is 24.0. The molecule has 0 aliphatic heterocycles. The van der Waals surface area contributed by atoms with Gasteiger partial charge in [-0.2, -0.15) is 26.3 Å². The lowest BCUT2D eigenvalue weighted by molar-refractivity contribution is -0.183. The van der Waals surface area contributed by atoms with Crippen LogP contribution in [0, 0.1) is 0 Å². The average Bonchev–Trinajstić information content (AvgIpc) is 2.83. The summed E-state index contributed by atoms with van der Waals surface area (Å²) < 4.78 is 103. The molecule has 0 amide bonds. The first-order valence-corrected chi connectivity index (χ1v) is 10.3. The highest BCUT2D eigenvalue weighted by atomic mass is 19.4. The second-order valence-corrected chi connectivity index (χ2v) is 7.34. The quantitative estimate of drug-likeness (QED) is 0.118. The van der Waals surface area contributed by atoms with Gasteiger partial charge < -0.3 is 24.2 Å². The number of carbonyl (C=O) groups is 2.